The summed E-state index contributed by atoms with van der Waals surface area (Å²) in [4.78, 5) is 38.8. The first kappa shape index (κ1) is 24.6. The fraction of sp³-hybridized carbons (Fsp3) is 0.500. The summed E-state index contributed by atoms with van der Waals surface area (Å²) < 4.78 is 6.69. The number of aliphatic hydroxyl groups is 1. The van der Waals surface area contributed by atoms with E-state index in [9.17, 15) is 19.5 Å². The maximum absolute atomic E-state index is 13.4. The van der Waals surface area contributed by atoms with Crippen molar-refractivity contribution in [3.63, 3.8) is 0 Å². The van der Waals surface area contributed by atoms with Crippen molar-refractivity contribution in [3.05, 3.63) is 58.1 Å². The van der Waals surface area contributed by atoms with E-state index in [-0.39, 0.29) is 23.9 Å². The molecule has 5 nitrogen and oxygen atoms in total. The van der Waals surface area contributed by atoms with Crippen molar-refractivity contribution in [3.8, 4) is 0 Å². The molecule has 0 radical (unpaired) electrons. The van der Waals surface area contributed by atoms with Gasteiger partial charge in [0.05, 0.1) is 11.5 Å². The number of carbonyl (C=O) groups is 3. The van der Waals surface area contributed by atoms with Gasteiger partial charge in [-0.3, -0.25) is 9.59 Å². The Morgan fingerprint density at radius 2 is 1.84 bits per heavy atom. The minimum Gasteiger partial charge on any atom is -0.458 e. The standard InChI is InChI=1S/C26H31BrO5/c1-16-13-14-25(3,4)21(28)8-6-5-7-20-22(17(2)15-26(20,31)23(16)29)32-24(30)18-9-11-19(27)12-10-18/h5,7,9-13,17,20,22,31H,6,8,14-15H2,1-4H3/b7-5+,16-13?/t17-,20-,22-,26+/m0/s1. The van der Waals surface area contributed by atoms with Crippen molar-refractivity contribution < 1.29 is 24.2 Å². The van der Waals surface area contributed by atoms with Crippen LogP contribution < -0.4 is 0 Å². The van der Waals surface area contributed by atoms with Crippen LogP contribution in [0.15, 0.2) is 52.5 Å². The number of hydrogen-bond acceptors (Lipinski definition) is 5. The molecule has 2 aliphatic rings. The van der Waals surface area contributed by atoms with Gasteiger partial charge < -0.3 is 9.84 Å². The Balaban J connectivity index is 1.93. The molecule has 1 saturated carbocycles. The lowest BCUT2D eigenvalue weighted by atomic mass is 9.78. The molecule has 0 saturated heterocycles. The summed E-state index contributed by atoms with van der Waals surface area (Å²) in [5.74, 6) is -1.63. The van der Waals surface area contributed by atoms with Gasteiger partial charge in [-0.1, -0.05) is 54.9 Å². The van der Waals surface area contributed by atoms with Gasteiger partial charge in [0.15, 0.2) is 5.78 Å². The summed E-state index contributed by atoms with van der Waals surface area (Å²) in [5.41, 5.74) is -1.39. The Labute approximate surface area is 198 Å². The van der Waals surface area contributed by atoms with Gasteiger partial charge in [-0.15, -0.1) is 0 Å². The first-order valence-corrected chi connectivity index (χ1v) is 11.9. The molecular weight excluding hydrogens is 472 g/mol. The average molecular weight is 503 g/mol. The van der Waals surface area contributed by atoms with Gasteiger partial charge in [-0.2, -0.15) is 0 Å². The minimum absolute atomic E-state index is 0.132. The third kappa shape index (κ3) is 4.96. The Hall–Kier alpha value is -2.05. The quantitative estimate of drug-likeness (QED) is 0.443. The fourth-order valence-electron chi connectivity index (χ4n) is 4.60. The van der Waals surface area contributed by atoms with Crippen molar-refractivity contribution in [1.82, 2.24) is 0 Å². The lowest BCUT2D eigenvalue weighted by Crippen LogP contribution is -2.45. The van der Waals surface area contributed by atoms with Gasteiger partial charge in [0.1, 0.15) is 17.5 Å². The van der Waals surface area contributed by atoms with E-state index in [2.05, 4.69) is 15.9 Å². The second-order valence-corrected chi connectivity index (χ2v) is 10.6. The monoisotopic (exact) mass is 502 g/mol. The molecule has 4 atom stereocenters. The average Bonchev–Trinajstić information content (AvgIpc) is 2.98. The number of carbonyl (C=O) groups excluding carboxylic acids is 3. The molecule has 0 amide bonds. The van der Waals surface area contributed by atoms with Crippen LogP contribution in [0.25, 0.3) is 0 Å². The van der Waals surface area contributed by atoms with Crippen LogP contribution in [0.3, 0.4) is 0 Å². The number of ether oxygens (including phenoxy) is 1. The van der Waals surface area contributed by atoms with E-state index in [1.807, 2.05) is 26.8 Å². The zero-order valence-corrected chi connectivity index (χ0v) is 20.6. The Bertz CT molecular complexity index is 959. The molecule has 0 bridgehead atoms. The van der Waals surface area contributed by atoms with E-state index >= 15 is 0 Å². The Morgan fingerprint density at radius 1 is 1.19 bits per heavy atom. The molecule has 6 heteroatoms. The highest BCUT2D eigenvalue weighted by Crippen LogP contribution is 2.45. The van der Waals surface area contributed by atoms with Crippen molar-refractivity contribution in [2.24, 2.45) is 17.3 Å². The zero-order chi connectivity index (χ0) is 23.7. The molecule has 0 spiro atoms. The third-order valence-corrected chi connectivity index (χ3v) is 7.26. The molecule has 0 heterocycles. The number of Topliss-reactive ketones (excluding diaryl/α,β-unsaturated/α-hetero) is 2. The summed E-state index contributed by atoms with van der Waals surface area (Å²) in [7, 11) is 0. The molecule has 1 N–H and O–H groups in total. The third-order valence-electron chi connectivity index (χ3n) is 6.73. The summed E-state index contributed by atoms with van der Waals surface area (Å²) in [6, 6.07) is 6.86. The maximum atomic E-state index is 13.4. The second kappa shape index (κ2) is 9.44. The predicted octanol–water partition coefficient (Wildman–Crippen LogP) is 5.21. The number of fused-ring (bicyclic) bond motifs is 1. The first-order valence-electron chi connectivity index (χ1n) is 11.1. The number of benzene rings is 1. The van der Waals surface area contributed by atoms with E-state index in [4.69, 9.17) is 4.74 Å². The highest BCUT2D eigenvalue weighted by atomic mass is 79.9. The molecule has 0 unspecified atom stereocenters. The number of allylic oxidation sites excluding steroid dienone is 2. The Morgan fingerprint density at radius 3 is 2.50 bits per heavy atom. The number of ketones is 2. The molecule has 1 aromatic carbocycles. The van der Waals surface area contributed by atoms with Gasteiger partial charge in [0.25, 0.3) is 0 Å². The van der Waals surface area contributed by atoms with E-state index in [1.165, 1.54) is 0 Å². The van der Waals surface area contributed by atoms with Crippen molar-refractivity contribution >= 4 is 33.5 Å². The van der Waals surface area contributed by atoms with E-state index < -0.39 is 29.0 Å². The lowest BCUT2D eigenvalue weighted by molar-refractivity contribution is -0.137. The van der Waals surface area contributed by atoms with Crippen LogP contribution in [-0.4, -0.2) is 34.3 Å². The van der Waals surface area contributed by atoms with Crippen LogP contribution in [0.1, 0.15) is 63.7 Å². The molecule has 0 aromatic heterocycles. The topological polar surface area (TPSA) is 80.7 Å². The largest absolute Gasteiger partial charge is 0.458 e. The van der Waals surface area contributed by atoms with E-state index in [0.717, 1.165) is 4.47 Å². The molecule has 0 aliphatic heterocycles. The highest BCUT2D eigenvalue weighted by Gasteiger charge is 2.56. The molecule has 1 aromatic rings. The van der Waals surface area contributed by atoms with Crippen LogP contribution >= 0.6 is 15.9 Å². The number of rotatable bonds is 2. The van der Waals surface area contributed by atoms with Gasteiger partial charge in [0.2, 0.25) is 0 Å². The molecule has 3 rings (SSSR count). The summed E-state index contributed by atoms with van der Waals surface area (Å²) in [5, 5.41) is 11.6. The zero-order valence-electron chi connectivity index (χ0n) is 19.1. The number of hydrogen-bond donors (Lipinski definition) is 1. The van der Waals surface area contributed by atoms with Gasteiger partial charge in [0, 0.05) is 16.3 Å². The summed E-state index contributed by atoms with van der Waals surface area (Å²) in [6.07, 6.45) is 6.22. The van der Waals surface area contributed by atoms with Gasteiger partial charge in [-0.05, 0) is 61.9 Å². The van der Waals surface area contributed by atoms with Crippen molar-refractivity contribution in [1.29, 1.82) is 0 Å². The Kier molecular flexibility index (Phi) is 7.25. The summed E-state index contributed by atoms with van der Waals surface area (Å²) in [6.45, 7) is 7.33. The highest BCUT2D eigenvalue weighted by molar-refractivity contribution is 9.10. The maximum Gasteiger partial charge on any atom is 0.338 e. The first-order chi connectivity index (χ1) is 15.0. The van der Waals surface area contributed by atoms with E-state index in [0.29, 0.717) is 30.4 Å². The normalized spacial score (nSPS) is 31.7. The van der Waals surface area contributed by atoms with Crippen LogP contribution in [0.5, 0.6) is 0 Å². The van der Waals surface area contributed by atoms with Gasteiger partial charge >= 0.3 is 5.97 Å². The SMILES string of the molecule is CC1=CCC(C)(C)C(=O)CC/C=C/[C@H]2[C@@H](OC(=O)c3ccc(Br)cc3)[C@@H](C)C[C@]2(O)C1=O. The number of esters is 1. The molecule has 1 fully saturated rings. The lowest BCUT2D eigenvalue weighted by Gasteiger charge is -2.30. The smallest absolute Gasteiger partial charge is 0.338 e. The predicted molar refractivity (Wildman–Crippen MR) is 126 cm³/mol. The fourth-order valence-corrected chi connectivity index (χ4v) is 4.86. The summed E-state index contributed by atoms with van der Waals surface area (Å²) >= 11 is 3.35. The molecule has 32 heavy (non-hydrogen) atoms. The number of halogens is 1. The van der Waals surface area contributed by atoms with E-state index in [1.54, 1.807) is 43.3 Å². The van der Waals surface area contributed by atoms with Crippen LogP contribution in [0.2, 0.25) is 0 Å². The molecule has 2 aliphatic carbocycles. The van der Waals surface area contributed by atoms with Crippen LogP contribution in [-0.2, 0) is 14.3 Å². The van der Waals surface area contributed by atoms with Crippen molar-refractivity contribution in [2.75, 3.05) is 0 Å². The molecular formula is C26H31BrO5. The minimum atomic E-state index is -1.66. The van der Waals surface area contributed by atoms with Crippen molar-refractivity contribution in [2.45, 2.75) is 65.1 Å². The van der Waals surface area contributed by atoms with Gasteiger partial charge in [-0.25, -0.2) is 4.79 Å². The van der Waals surface area contributed by atoms with Crippen LogP contribution in [0.4, 0.5) is 0 Å². The second-order valence-electron chi connectivity index (χ2n) is 9.70. The van der Waals surface area contributed by atoms with Crippen LogP contribution in [0, 0.1) is 17.3 Å². The molecule has 172 valence electrons.